The second kappa shape index (κ2) is 4.14. The molecule has 4 nitrogen and oxygen atoms in total. The fraction of sp³-hybridized carbons (Fsp3) is 0.143. The molecule has 0 bridgehead atoms. The molecule has 0 spiro atoms. The van der Waals surface area contributed by atoms with Crippen molar-refractivity contribution in [1.82, 2.24) is 14.5 Å². The van der Waals surface area contributed by atoms with Crippen LogP contribution in [0, 0.1) is 0 Å². The van der Waals surface area contributed by atoms with Crippen LogP contribution < -0.4 is 0 Å². The Kier molecular flexibility index (Phi) is 2.48. The van der Waals surface area contributed by atoms with Crippen LogP contribution in [-0.2, 0) is 13.5 Å². The van der Waals surface area contributed by atoms with Crippen molar-refractivity contribution >= 4 is 11.2 Å². The Balaban J connectivity index is 2.02. The van der Waals surface area contributed by atoms with Gasteiger partial charge in [-0.25, -0.2) is 9.97 Å². The van der Waals surface area contributed by atoms with Gasteiger partial charge in [-0.1, -0.05) is 12.1 Å². The number of nitrogens with zero attached hydrogens (tertiary/aromatic N) is 3. The van der Waals surface area contributed by atoms with E-state index in [0.29, 0.717) is 6.42 Å². The number of fused-ring (bicyclic) bond motifs is 1. The molecule has 0 atom stereocenters. The minimum absolute atomic E-state index is 0.282. The number of benzene rings is 1. The Morgan fingerprint density at radius 3 is 2.89 bits per heavy atom. The molecule has 18 heavy (non-hydrogen) atoms. The molecular formula is C14H13N3O. The molecule has 0 saturated heterocycles. The Morgan fingerprint density at radius 1 is 1.22 bits per heavy atom. The number of hydrogen-bond donors (Lipinski definition) is 1. The highest BCUT2D eigenvalue weighted by molar-refractivity contribution is 5.71. The van der Waals surface area contributed by atoms with Crippen LogP contribution in [0.25, 0.3) is 11.2 Å². The molecule has 3 aromatic rings. The van der Waals surface area contributed by atoms with E-state index < -0.39 is 0 Å². The Labute approximate surface area is 105 Å². The number of rotatable bonds is 2. The molecule has 0 saturated carbocycles. The third-order valence-electron chi connectivity index (χ3n) is 2.99. The average Bonchev–Trinajstić information content (AvgIpc) is 2.67. The number of aromatic nitrogens is 3. The van der Waals surface area contributed by atoms with Crippen LogP contribution in [0.5, 0.6) is 5.75 Å². The summed E-state index contributed by atoms with van der Waals surface area (Å²) in [4.78, 5) is 8.87. The molecule has 3 rings (SSSR count). The maximum atomic E-state index is 9.46. The van der Waals surface area contributed by atoms with E-state index in [4.69, 9.17) is 0 Å². The number of pyridine rings is 1. The van der Waals surface area contributed by atoms with Crippen molar-refractivity contribution in [1.29, 1.82) is 0 Å². The van der Waals surface area contributed by atoms with Gasteiger partial charge in [-0.3, -0.25) is 0 Å². The van der Waals surface area contributed by atoms with Crippen molar-refractivity contribution in [3.63, 3.8) is 0 Å². The number of phenols is 1. The zero-order valence-corrected chi connectivity index (χ0v) is 10.0. The first-order valence-electron chi connectivity index (χ1n) is 5.78. The van der Waals surface area contributed by atoms with Crippen LogP contribution in [0.3, 0.4) is 0 Å². The molecular weight excluding hydrogens is 226 g/mol. The SMILES string of the molecule is Cn1c(Cc2cccc(O)c2)nc2cccnc21. The van der Waals surface area contributed by atoms with Gasteiger partial charge in [-0.05, 0) is 29.8 Å². The lowest BCUT2D eigenvalue weighted by Crippen LogP contribution is -1.99. The summed E-state index contributed by atoms with van der Waals surface area (Å²) in [5.74, 6) is 1.22. The van der Waals surface area contributed by atoms with Crippen molar-refractivity contribution in [2.75, 3.05) is 0 Å². The van der Waals surface area contributed by atoms with Gasteiger partial charge in [0, 0.05) is 19.7 Å². The Hall–Kier alpha value is -2.36. The van der Waals surface area contributed by atoms with Crippen molar-refractivity contribution in [3.8, 4) is 5.75 Å². The molecule has 1 aromatic carbocycles. The average molecular weight is 239 g/mol. The molecule has 90 valence electrons. The molecule has 0 unspecified atom stereocenters. The monoisotopic (exact) mass is 239 g/mol. The van der Waals surface area contributed by atoms with E-state index in [9.17, 15) is 5.11 Å². The normalized spacial score (nSPS) is 10.9. The Morgan fingerprint density at radius 2 is 2.11 bits per heavy atom. The molecule has 0 aliphatic carbocycles. The molecule has 0 amide bonds. The summed E-state index contributed by atoms with van der Waals surface area (Å²) in [6.07, 6.45) is 2.45. The second-order valence-corrected chi connectivity index (χ2v) is 4.28. The second-order valence-electron chi connectivity index (χ2n) is 4.28. The van der Waals surface area contributed by atoms with Crippen LogP contribution in [0.4, 0.5) is 0 Å². The maximum absolute atomic E-state index is 9.46. The molecule has 2 aromatic heterocycles. The predicted octanol–water partition coefficient (Wildman–Crippen LogP) is 2.26. The van der Waals surface area contributed by atoms with Crippen molar-refractivity contribution in [3.05, 3.63) is 54.0 Å². The fourth-order valence-electron chi connectivity index (χ4n) is 2.08. The molecule has 2 heterocycles. The van der Waals surface area contributed by atoms with Crippen molar-refractivity contribution in [2.24, 2.45) is 7.05 Å². The summed E-state index contributed by atoms with van der Waals surface area (Å²) < 4.78 is 1.99. The summed E-state index contributed by atoms with van der Waals surface area (Å²) in [5.41, 5.74) is 2.82. The lowest BCUT2D eigenvalue weighted by molar-refractivity contribution is 0.474. The minimum Gasteiger partial charge on any atom is -0.508 e. The highest BCUT2D eigenvalue weighted by Crippen LogP contribution is 2.17. The third kappa shape index (κ3) is 1.82. The first-order chi connectivity index (χ1) is 8.74. The predicted molar refractivity (Wildman–Crippen MR) is 69.4 cm³/mol. The van der Waals surface area contributed by atoms with Crippen LogP contribution in [0.1, 0.15) is 11.4 Å². The van der Waals surface area contributed by atoms with E-state index in [1.54, 1.807) is 18.3 Å². The van der Waals surface area contributed by atoms with Crippen LogP contribution in [0.2, 0.25) is 0 Å². The third-order valence-corrected chi connectivity index (χ3v) is 2.99. The molecule has 0 aliphatic rings. The van der Waals surface area contributed by atoms with E-state index in [-0.39, 0.29) is 5.75 Å². The lowest BCUT2D eigenvalue weighted by atomic mass is 10.1. The standard InChI is InChI=1S/C14H13N3O/c1-17-13(9-10-4-2-5-11(18)8-10)16-12-6-3-7-15-14(12)17/h2-8,18H,9H2,1H3. The van der Waals surface area contributed by atoms with Crippen molar-refractivity contribution in [2.45, 2.75) is 6.42 Å². The number of phenolic OH excluding ortho intramolecular Hbond substituents is 1. The van der Waals surface area contributed by atoms with Gasteiger partial charge < -0.3 is 9.67 Å². The van der Waals surface area contributed by atoms with E-state index in [1.165, 1.54) is 0 Å². The summed E-state index contributed by atoms with van der Waals surface area (Å²) in [7, 11) is 1.96. The fourth-order valence-corrected chi connectivity index (χ4v) is 2.08. The van der Waals surface area contributed by atoms with Crippen LogP contribution in [0.15, 0.2) is 42.6 Å². The van der Waals surface area contributed by atoms with Crippen LogP contribution in [-0.4, -0.2) is 19.6 Å². The largest absolute Gasteiger partial charge is 0.508 e. The Bertz CT molecular complexity index is 703. The van der Waals surface area contributed by atoms with E-state index in [1.807, 2.05) is 35.9 Å². The van der Waals surface area contributed by atoms with E-state index in [2.05, 4.69) is 9.97 Å². The maximum Gasteiger partial charge on any atom is 0.159 e. The number of imidazole rings is 1. The summed E-state index contributed by atoms with van der Waals surface area (Å²) in [6, 6.07) is 11.1. The van der Waals surface area contributed by atoms with Crippen LogP contribution >= 0.6 is 0 Å². The summed E-state index contributed by atoms with van der Waals surface area (Å²) in [5, 5.41) is 9.46. The quantitative estimate of drug-likeness (QED) is 0.746. The topological polar surface area (TPSA) is 50.9 Å². The first kappa shape index (κ1) is 10.8. The van der Waals surface area contributed by atoms with Gasteiger partial charge in [-0.15, -0.1) is 0 Å². The molecule has 0 aliphatic heterocycles. The smallest absolute Gasteiger partial charge is 0.159 e. The van der Waals surface area contributed by atoms with E-state index >= 15 is 0 Å². The zero-order chi connectivity index (χ0) is 12.5. The molecule has 0 fully saturated rings. The molecule has 4 heteroatoms. The number of aromatic hydroxyl groups is 1. The highest BCUT2D eigenvalue weighted by Gasteiger charge is 2.08. The van der Waals surface area contributed by atoms with Gasteiger partial charge in [0.1, 0.15) is 17.1 Å². The zero-order valence-electron chi connectivity index (χ0n) is 10.0. The molecule has 1 N–H and O–H groups in total. The van der Waals surface area contributed by atoms with Gasteiger partial charge in [-0.2, -0.15) is 0 Å². The summed E-state index contributed by atoms with van der Waals surface area (Å²) >= 11 is 0. The van der Waals surface area contributed by atoms with Gasteiger partial charge in [0.25, 0.3) is 0 Å². The van der Waals surface area contributed by atoms with Gasteiger partial charge in [0.2, 0.25) is 0 Å². The van der Waals surface area contributed by atoms with E-state index in [0.717, 1.165) is 22.6 Å². The highest BCUT2D eigenvalue weighted by atomic mass is 16.3. The van der Waals surface area contributed by atoms with Gasteiger partial charge in [0.05, 0.1) is 0 Å². The minimum atomic E-state index is 0.282. The number of hydrogen-bond acceptors (Lipinski definition) is 3. The van der Waals surface area contributed by atoms with Gasteiger partial charge in [0.15, 0.2) is 5.65 Å². The lowest BCUT2D eigenvalue weighted by Gasteiger charge is -2.02. The van der Waals surface area contributed by atoms with Gasteiger partial charge >= 0.3 is 0 Å². The van der Waals surface area contributed by atoms with Crippen molar-refractivity contribution < 1.29 is 5.11 Å². The molecule has 0 radical (unpaired) electrons. The number of aryl methyl sites for hydroxylation is 1. The summed E-state index contributed by atoms with van der Waals surface area (Å²) in [6.45, 7) is 0. The first-order valence-corrected chi connectivity index (χ1v) is 5.78.